The molecule has 0 bridgehead atoms. The van der Waals surface area contributed by atoms with Crippen LogP contribution in [-0.4, -0.2) is 19.0 Å². The molecule has 0 aromatic heterocycles. The maximum Gasteiger partial charge on any atom is 0.187 e. The first-order chi connectivity index (χ1) is 6.79. The normalized spacial score (nSPS) is 30.1. The number of carbonyl (C=O) groups excluding carboxylic acids is 1. The summed E-state index contributed by atoms with van der Waals surface area (Å²) in [6.07, 6.45) is 8.07. The molecule has 0 aromatic rings. The predicted octanol–water partition coefficient (Wildman–Crippen LogP) is 1.57. The molecule has 0 radical (unpaired) electrons. The van der Waals surface area contributed by atoms with Crippen LogP contribution in [0.2, 0.25) is 0 Å². The van der Waals surface area contributed by atoms with Crippen LogP contribution in [0.4, 0.5) is 0 Å². The van der Waals surface area contributed by atoms with Crippen molar-refractivity contribution in [3.63, 3.8) is 0 Å². The highest BCUT2D eigenvalue weighted by molar-refractivity contribution is 5.57. The van der Waals surface area contributed by atoms with Crippen molar-refractivity contribution in [3.8, 4) is 0 Å². The van der Waals surface area contributed by atoms with E-state index in [1.54, 1.807) is 0 Å². The molecule has 0 N–H and O–H groups in total. The Morgan fingerprint density at radius 2 is 2.07 bits per heavy atom. The Bertz CT molecular complexity index is 325. The fourth-order valence-electron chi connectivity index (χ4n) is 1.36. The summed E-state index contributed by atoms with van der Waals surface area (Å²) in [5.41, 5.74) is 0. The molecule has 2 rings (SSSR count). The van der Waals surface area contributed by atoms with E-state index in [-0.39, 0.29) is 0 Å². The first-order valence-corrected chi connectivity index (χ1v) is 4.65. The van der Waals surface area contributed by atoms with E-state index >= 15 is 0 Å². The molecule has 74 valence electrons. The van der Waals surface area contributed by atoms with Gasteiger partial charge in [-0.2, -0.15) is 0 Å². The number of allylic oxidation sites excluding steroid dienone is 4. The monoisotopic (exact) mass is 192 g/mol. The summed E-state index contributed by atoms with van der Waals surface area (Å²) in [5.74, 6) is 1.72. The van der Waals surface area contributed by atoms with Crippen LogP contribution in [0.1, 0.15) is 6.92 Å². The lowest BCUT2D eigenvalue weighted by atomic mass is 10.2. The highest BCUT2D eigenvalue weighted by Crippen LogP contribution is 2.23. The predicted molar refractivity (Wildman–Crippen MR) is 51.4 cm³/mol. The van der Waals surface area contributed by atoms with Gasteiger partial charge in [0.15, 0.2) is 23.9 Å². The molecular weight excluding hydrogens is 180 g/mol. The molecule has 2 aliphatic rings. The summed E-state index contributed by atoms with van der Waals surface area (Å²) >= 11 is 0. The summed E-state index contributed by atoms with van der Waals surface area (Å²) in [7, 11) is 0. The van der Waals surface area contributed by atoms with Crippen molar-refractivity contribution in [3.05, 3.63) is 35.8 Å². The smallest absolute Gasteiger partial charge is 0.187 e. The van der Waals surface area contributed by atoms with Crippen molar-refractivity contribution in [1.82, 2.24) is 0 Å². The van der Waals surface area contributed by atoms with E-state index < -0.39 is 6.10 Å². The van der Waals surface area contributed by atoms with E-state index in [9.17, 15) is 4.79 Å². The van der Waals surface area contributed by atoms with Gasteiger partial charge in [-0.25, -0.2) is 0 Å². The fourth-order valence-corrected chi connectivity index (χ4v) is 1.36. The van der Waals surface area contributed by atoms with E-state index in [0.29, 0.717) is 24.0 Å². The zero-order valence-corrected chi connectivity index (χ0v) is 7.97. The van der Waals surface area contributed by atoms with Gasteiger partial charge in [0.1, 0.15) is 6.61 Å². The first kappa shape index (κ1) is 9.06. The van der Waals surface area contributed by atoms with Gasteiger partial charge in [-0.05, 0) is 18.1 Å². The number of carbonyl (C=O) groups is 1. The van der Waals surface area contributed by atoms with Crippen LogP contribution in [0.25, 0.3) is 0 Å². The third kappa shape index (κ3) is 1.71. The molecule has 3 heteroatoms. The van der Waals surface area contributed by atoms with Crippen LogP contribution in [0, 0.1) is 5.92 Å². The van der Waals surface area contributed by atoms with Crippen molar-refractivity contribution >= 4 is 6.29 Å². The number of ether oxygens (including phenoxy) is 2. The molecule has 0 spiro atoms. The average Bonchev–Trinajstić information content (AvgIpc) is 2.40. The summed E-state index contributed by atoms with van der Waals surface area (Å²) in [4.78, 5) is 10.5. The Labute approximate surface area is 82.7 Å². The lowest BCUT2D eigenvalue weighted by molar-refractivity contribution is -0.120. The topological polar surface area (TPSA) is 35.5 Å². The van der Waals surface area contributed by atoms with Crippen LogP contribution in [-0.2, 0) is 14.3 Å². The Balaban J connectivity index is 2.23. The highest BCUT2D eigenvalue weighted by atomic mass is 16.6. The van der Waals surface area contributed by atoms with Gasteiger partial charge in [0.25, 0.3) is 0 Å². The lowest BCUT2D eigenvalue weighted by Gasteiger charge is -2.22. The molecule has 1 aliphatic carbocycles. The van der Waals surface area contributed by atoms with Crippen LogP contribution in [0.3, 0.4) is 0 Å². The van der Waals surface area contributed by atoms with Gasteiger partial charge in [0, 0.05) is 0 Å². The molecule has 0 saturated carbocycles. The second-order valence-corrected chi connectivity index (χ2v) is 3.41. The summed E-state index contributed by atoms with van der Waals surface area (Å²) in [6.45, 7) is 2.37. The maximum absolute atomic E-state index is 10.5. The number of rotatable bonds is 1. The van der Waals surface area contributed by atoms with Crippen molar-refractivity contribution in [2.45, 2.75) is 13.0 Å². The van der Waals surface area contributed by atoms with E-state index in [0.717, 1.165) is 6.29 Å². The van der Waals surface area contributed by atoms with Crippen LogP contribution in [0.15, 0.2) is 35.8 Å². The SMILES string of the molecule is CC1C=CC2=C(C=C1)OC(C=O)CO2. The van der Waals surface area contributed by atoms with E-state index in [1.807, 2.05) is 24.3 Å². The quantitative estimate of drug-likeness (QED) is 0.591. The molecule has 0 saturated heterocycles. The molecule has 2 unspecified atom stereocenters. The van der Waals surface area contributed by atoms with Crippen LogP contribution >= 0.6 is 0 Å². The first-order valence-electron chi connectivity index (χ1n) is 4.65. The van der Waals surface area contributed by atoms with Gasteiger partial charge in [0.05, 0.1) is 0 Å². The lowest BCUT2D eigenvalue weighted by Crippen LogP contribution is -2.25. The Kier molecular flexibility index (Phi) is 2.39. The zero-order chi connectivity index (χ0) is 9.97. The second kappa shape index (κ2) is 3.70. The third-order valence-electron chi connectivity index (χ3n) is 2.18. The summed E-state index contributed by atoms with van der Waals surface area (Å²) in [6, 6.07) is 0. The Morgan fingerprint density at radius 1 is 1.36 bits per heavy atom. The zero-order valence-electron chi connectivity index (χ0n) is 7.97. The number of aldehydes is 1. The Hall–Kier alpha value is -1.51. The molecule has 2 atom stereocenters. The molecular formula is C11H12O3. The molecule has 3 nitrogen and oxygen atoms in total. The van der Waals surface area contributed by atoms with Crippen molar-refractivity contribution in [2.24, 2.45) is 5.92 Å². The van der Waals surface area contributed by atoms with Gasteiger partial charge < -0.3 is 9.47 Å². The standard InChI is InChI=1S/C11H12O3/c1-8-2-4-10-11(5-3-8)14-9(6-12)7-13-10/h2-6,8-9H,7H2,1H3. The van der Waals surface area contributed by atoms with E-state index in [2.05, 4.69) is 6.92 Å². The summed E-state index contributed by atoms with van der Waals surface area (Å²) in [5, 5.41) is 0. The molecule has 1 aliphatic heterocycles. The van der Waals surface area contributed by atoms with Crippen LogP contribution < -0.4 is 0 Å². The minimum Gasteiger partial charge on any atom is -0.485 e. The number of hydrogen-bond donors (Lipinski definition) is 0. The largest absolute Gasteiger partial charge is 0.485 e. The maximum atomic E-state index is 10.5. The van der Waals surface area contributed by atoms with Gasteiger partial charge in [-0.1, -0.05) is 19.1 Å². The van der Waals surface area contributed by atoms with Gasteiger partial charge >= 0.3 is 0 Å². The Morgan fingerprint density at radius 3 is 2.79 bits per heavy atom. The summed E-state index contributed by atoms with van der Waals surface area (Å²) < 4.78 is 10.8. The van der Waals surface area contributed by atoms with E-state index in [1.165, 1.54) is 0 Å². The van der Waals surface area contributed by atoms with Crippen molar-refractivity contribution in [1.29, 1.82) is 0 Å². The molecule has 14 heavy (non-hydrogen) atoms. The molecule has 0 amide bonds. The minimum atomic E-state index is -0.472. The highest BCUT2D eigenvalue weighted by Gasteiger charge is 2.21. The van der Waals surface area contributed by atoms with Crippen molar-refractivity contribution < 1.29 is 14.3 Å². The minimum absolute atomic E-state index is 0.300. The molecule has 0 aromatic carbocycles. The van der Waals surface area contributed by atoms with Gasteiger partial charge in [-0.3, -0.25) is 4.79 Å². The fraction of sp³-hybridized carbons (Fsp3) is 0.364. The number of hydrogen-bond acceptors (Lipinski definition) is 3. The van der Waals surface area contributed by atoms with Crippen LogP contribution in [0.5, 0.6) is 0 Å². The average molecular weight is 192 g/mol. The second-order valence-electron chi connectivity index (χ2n) is 3.41. The van der Waals surface area contributed by atoms with E-state index in [4.69, 9.17) is 9.47 Å². The molecule has 1 heterocycles. The molecule has 0 fully saturated rings. The van der Waals surface area contributed by atoms with Gasteiger partial charge in [-0.15, -0.1) is 0 Å². The van der Waals surface area contributed by atoms with Gasteiger partial charge in [0.2, 0.25) is 0 Å². The van der Waals surface area contributed by atoms with Crippen molar-refractivity contribution in [2.75, 3.05) is 6.61 Å². The third-order valence-corrected chi connectivity index (χ3v) is 2.18.